The van der Waals surface area contributed by atoms with Gasteiger partial charge in [-0.1, -0.05) is 12.1 Å². The summed E-state index contributed by atoms with van der Waals surface area (Å²) in [7, 11) is -3.97. The number of nitrogens with zero attached hydrogens (tertiary/aromatic N) is 1. The second kappa shape index (κ2) is 8.34. The molecule has 0 spiro atoms. The number of rotatable bonds is 5. The molecule has 2 aliphatic heterocycles. The van der Waals surface area contributed by atoms with Crippen molar-refractivity contribution in [3.63, 3.8) is 0 Å². The standard InChI is InChI=1S/C18H26N2O7S/c1-13-3-2-4-15(11-13)27-14-5-8-20(9-6-14)28(24,25)16-7-10-26-12-18(16,22)17(21)19-23/h2-4,11,14,16,22-23H,5-10,12H2,1H3,(H,19,21). The largest absolute Gasteiger partial charge is 0.490 e. The highest BCUT2D eigenvalue weighted by molar-refractivity contribution is 7.89. The van der Waals surface area contributed by atoms with Gasteiger partial charge in [0.25, 0.3) is 5.91 Å². The number of amides is 1. The lowest BCUT2D eigenvalue weighted by Crippen LogP contribution is -2.64. The molecule has 0 saturated carbocycles. The van der Waals surface area contributed by atoms with Gasteiger partial charge in [-0.15, -0.1) is 0 Å². The quantitative estimate of drug-likeness (QED) is 0.464. The van der Waals surface area contributed by atoms with Crippen LogP contribution in [0.4, 0.5) is 0 Å². The Morgan fingerprint density at radius 1 is 1.32 bits per heavy atom. The van der Waals surface area contributed by atoms with E-state index in [1.165, 1.54) is 9.79 Å². The third kappa shape index (κ3) is 4.15. The van der Waals surface area contributed by atoms with Crippen molar-refractivity contribution in [2.45, 2.75) is 43.1 Å². The monoisotopic (exact) mass is 414 g/mol. The second-order valence-corrected chi connectivity index (χ2v) is 9.39. The van der Waals surface area contributed by atoms with Gasteiger partial charge in [0.15, 0.2) is 5.60 Å². The maximum absolute atomic E-state index is 13.1. The van der Waals surface area contributed by atoms with Gasteiger partial charge in [0.1, 0.15) is 17.1 Å². The summed E-state index contributed by atoms with van der Waals surface area (Å²) >= 11 is 0. The van der Waals surface area contributed by atoms with Crippen molar-refractivity contribution < 1.29 is 33.0 Å². The molecule has 0 radical (unpaired) electrons. The summed E-state index contributed by atoms with van der Waals surface area (Å²) < 4.78 is 38.5. The predicted octanol–water partition coefficient (Wildman–Crippen LogP) is 0.193. The van der Waals surface area contributed by atoms with Crippen LogP contribution in [0, 0.1) is 6.92 Å². The molecule has 2 unspecified atom stereocenters. The van der Waals surface area contributed by atoms with Crippen molar-refractivity contribution in [3.8, 4) is 5.75 Å². The third-order valence-electron chi connectivity index (χ3n) is 5.29. The fourth-order valence-electron chi connectivity index (χ4n) is 3.72. The van der Waals surface area contributed by atoms with Crippen molar-refractivity contribution in [1.29, 1.82) is 0 Å². The van der Waals surface area contributed by atoms with Crippen LogP contribution in [0.15, 0.2) is 24.3 Å². The van der Waals surface area contributed by atoms with E-state index in [1.807, 2.05) is 31.2 Å². The Balaban J connectivity index is 1.67. The highest BCUT2D eigenvalue weighted by Gasteiger charge is 2.54. The molecule has 156 valence electrons. The van der Waals surface area contributed by atoms with E-state index >= 15 is 0 Å². The smallest absolute Gasteiger partial charge is 0.279 e. The molecule has 0 aliphatic carbocycles. The van der Waals surface area contributed by atoms with Crippen molar-refractivity contribution in [2.24, 2.45) is 0 Å². The number of piperidine rings is 1. The van der Waals surface area contributed by atoms with Crippen LogP contribution >= 0.6 is 0 Å². The fourth-order valence-corrected chi connectivity index (χ4v) is 5.86. The molecule has 3 N–H and O–H groups in total. The molecule has 1 amide bonds. The van der Waals surface area contributed by atoms with Crippen LogP contribution in [-0.2, 0) is 19.6 Å². The van der Waals surface area contributed by atoms with E-state index < -0.39 is 33.4 Å². The lowest BCUT2D eigenvalue weighted by molar-refractivity contribution is -0.161. The van der Waals surface area contributed by atoms with E-state index in [9.17, 15) is 18.3 Å². The molecule has 3 rings (SSSR count). The number of aryl methyl sites for hydroxylation is 1. The highest BCUT2D eigenvalue weighted by atomic mass is 32.2. The summed E-state index contributed by atoms with van der Waals surface area (Å²) in [5, 5.41) is 18.1. The number of ether oxygens (including phenoxy) is 2. The van der Waals surface area contributed by atoms with Gasteiger partial charge in [-0.3, -0.25) is 10.0 Å². The topological polar surface area (TPSA) is 125 Å². The summed E-state index contributed by atoms with van der Waals surface area (Å²) in [6.45, 7) is 2.05. The zero-order valence-corrected chi connectivity index (χ0v) is 16.5. The molecule has 2 atom stereocenters. The normalized spacial score (nSPS) is 27.3. The molecule has 0 aromatic heterocycles. The zero-order chi connectivity index (χ0) is 20.4. The molecular formula is C18H26N2O7S. The van der Waals surface area contributed by atoms with Gasteiger partial charge in [-0.05, 0) is 43.9 Å². The van der Waals surface area contributed by atoms with Crippen LogP contribution in [0.3, 0.4) is 0 Å². The van der Waals surface area contributed by atoms with Crippen molar-refractivity contribution in [3.05, 3.63) is 29.8 Å². The van der Waals surface area contributed by atoms with Crippen LogP contribution in [0.1, 0.15) is 24.8 Å². The van der Waals surface area contributed by atoms with Gasteiger partial charge in [0.05, 0.1) is 6.61 Å². The Morgan fingerprint density at radius 3 is 2.68 bits per heavy atom. The first-order valence-corrected chi connectivity index (χ1v) is 10.7. The number of nitrogens with one attached hydrogen (secondary N) is 1. The number of hydrogen-bond donors (Lipinski definition) is 3. The molecule has 2 heterocycles. The highest BCUT2D eigenvalue weighted by Crippen LogP contribution is 2.31. The Kier molecular flexibility index (Phi) is 6.25. The molecule has 2 aliphatic rings. The van der Waals surface area contributed by atoms with Gasteiger partial charge in [-0.25, -0.2) is 18.2 Å². The Labute approximate surface area is 164 Å². The van der Waals surface area contributed by atoms with E-state index in [0.29, 0.717) is 12.8 Å². The van der Waals surface area contributed by atoms with Gasteiger partial charge in [0.2, 0.25) is 10.0 Å². The lowest BCUT2D eigenvalue weighted by Gasteiger charge is -2.41. The first-order chi connectivity index (χ1) is 13.3. The Bertz CT molecular complexity index is 808. The number of carbonyl (C=O) groups excluding carboxylic acids is 1. The molecule has 2 saturated heterocycles. The Morgan fingerprint density at radius 2 is 2.04 bits per heavy atom. The number of hydrogen-bond acceptors (Lipinski definition) is 7. The maximum Gasteiger partial charge on any atom is 0.279 e. The summed E-state index contributed by atoms with van der Waals surface area (Å²) in [4.78, 5) is 11.9. The zero-order valence-electron chi connectivity index (χ0n) is 15.7. The number of hydroxylamine groups is 1. The van der Waals surface area contributed by atoms with Gasteiger partial charge in [0, 0.05) is 19.7 Å². The summed E-state index contributed by atoms with van der Waals surface area (Å²) in [6.07, 6.45) is 0.858. The number of aliphatic hydroxyl groups is 1. The average molecular weight is 414 g/mol. The second-order valence-electron chi connectivity index (χ2n) is 7.27. The minimum atomic E-state index is -3.97. The first-order valence-electron chi connectivity index (χ1n) is 9.24. The van der Waals surface area contributed by atoms with Crippen molar-refractivity contribution >= 4 is 15.9 Å². The molecule has 10 heteroatoms. The number of carbonyl (C=O) groups is 1. The van der Waals surface area contributed by atoms with Crippen LogP contribution in [0.25, 0.3) is 0 Å². The van der Waals surface area contributed by atoms with E-state index in [2.05, 4.69) is 0 Å². The summed E-state index contributed by atoms with van der Waals surface area (Å²) in [5.74, 6) is -0.432. The van der Waals surface area contributed by atoms with Gasteiger partial charge < -0.3 is 14.6 Å². The molecular weight excluding hydrogens is 388 g/mol. The molecule has 1 aromatic rings. The summed E-state index contributed by atoms with van der Waals surface area (Å²) in [6, 6.07) is 7.67. The van der Waals surface area contributed by atoms with Crippen LogP contribution in [0.5, 0.6) is 5.75 Å². The van der Waals surface area contributed by atoms with Crippen molar-refractivity contribution in [1.82, 2.24) is 9.79 Å². The predicted molar refractivity (Wildman–Crippen MR) is 99.4 cm³/mol. The van der Waals surface area contributed by atoms with Gasteiger partial charge in [-0.2, -0.15) is 0 Å². The maximum atomic E-state index is 13.1. The third-order valence-corrected chi connectivity index (χ3v) is 7.72. The van der Waals surface area contributed by atoms with Gasteiger partial charge >= 0.3 is 0 Å². The molecule has 0 bridgehead atoms. The fraction of sp³-hybridized carbons (Fsp3) is 0.611. The molecule has 28 heavy (non-hydrogen) atoms. The van der Waals surface area contributed by atoms with E-state index in [-0.39, 0.29) is 32.2 Å². The van der Waals surface area contributed by atoms with E-state index in [1.54, 1.807) is 0 Å². The minimum absolute atomic E-state index is 0.0357. The molecule has 2 fully saturated rings. The van der Waals surface area contributed by atoms with Crippen LogP contribution in [0.2, 0.25) is 0 Å². The van der Waals surface area contributed by atoms with E-state index in [4.69, 9.17) is 14.7 Å². The minimum Gasteiger partial charge on any atom is -0.490 e. The van der Waals surface area contributed by atoms with Crippen molar-refractivity contribution in [2.75, 3.05) is 26.3 Å². The first kappa shape index (κ1) is 21.0. The number of benzene rings is 1. The van der Waals surface area contributed by atoms with Crippen LogP contribution < -0.4 is 10.2 Å². The number of sulfonamides is 1. The average Bonchev–Trinajstić information content (AvgIpc) is 2.68. The SMILES string of the molecule is Cc1cccc(OC2CCN(S(=O)(=O)C3CCOCC3(O)C(=O)NO)CC2)c1. The lowest BCUT2D eigenvalue weighted by atomic mass is 9.95. The summed E-state index contributed by atoms with van der Waals surface area (Å²) in [5.41, 5.74) is 0.0965. The molecule has 1 aromatic carbocycles. The Hall–Kier alpha value is -1.72. The van der Waals surface area contributed by atoms with Crippen LogP contribution in [-0.4, -0.2) is 72.2 Å². The molecule has 9 nitrogen and oxygen atoms in total. The van der Waals surface area contributed by atoms with E-state index in [0.717, 1.165) is 11.3 Å².